The molecule has 0 aromatic heterocycles. The third-order valence-corrected chi connectivity index (χ3v) is 12.4. The SMILES string of the molecule is CN(c1ccc(CC23CC(N)(C2)C3)cc1)C1CC2C3CCC4=CC(=O)C=CC4(C)C3C(O)CC2(C)C1C(=O)O. The van der Waals surface area contributed by atoms with Crippen molar-refractivity contribution in [2.24, 2.45) is 45.7 Å². The summed E-state index contributed by atoms with van der Waals surface area (Å²) in [6.45, 7) is 4.29. The number of allylic oxidation sites excluding steroid dienone is 4. The van der Waals surface area contributed by atoms with E-state index in [2.05, 4.69) is 43.0 Å². The lowest BCUT2D eigenvalue weighted by Crippen LogP contribution is -2.72. The van der Waals surface area contributed by atoms with Gasteiger partial charge in [0.2, 0.25) is 0 Å². The van der Waals surface area contributed by atoms with Gasteiger partial charge < -0.3 is 20.8 Å². The fourth-order valence-electron chi connectivity index (χ4n) is 10.9. The predicted molar refractivity (Wildman–Crippen MR) is 150 cm³/mol. The van der Waals surface area contributed by atoms with Crippen molar-refractivity contribution < 1.29 is 19.8 Å². The molecule has 1 aromatic carbocycles. The summed E-state index contributed by atoms with van der Waals surface area (Å²) in [5, 5.41) is 22.2. The molecule has 4 N–H and O–H groups in total. The lowest BCUT2D eigenvalue weighted by atomic mass is 9.38. The van der Waals surface area contributed by atoms with E-state index in [1.165, 1.54) is 5.56 Å². The minimum Gasteiger partial charge on any atom is -0.481 e. The molecule has 6 heteroatoms. The van der Waals surface area contributed by atoms with Gasteiger partial charge in [-0.15, -0.1) is 0 Å². The molecule has 8 unspecified atom stereocenters. The van der Waals surface area contributed by atoms with Crippen LogP contribution in [0.3, 0.4) is 0 Å². The summed E-state index contributed by atoms with van der Waals surface area (Å²) < 4.78 is 0. The topological polar surface area (TPSA) is 104 Å². The molecule has 0 amide bonds. The molecule has 2 bridgehead atoms. The summed E-state index contributed by atoms with van der Waals surface area (Å²) in [4.78, 5) is 27.2. The van der Waals surface area contributed by atoms with Crippen molar-refractivity contribution in [1.82, 2.24) is 0 Å². The van der Waals surface area contributed by atoms with Gasteiger partial charge in [0, 0.05) is 35.6 Å². The van der Waals surface area contributed by atoms with Crippen LogP contribution in [0.15, 0.2) is 48.1 Å². The number of aliphatic carboxylic acids is 1. The first-order valence-corrected chi connectivity index (χ1v) is 14.8. The standard InChI is InChI=1S/C33H42N2O4/c1-30-11-10-22(36)12-20(30)6-9-23-24-13-25(28(29(38)39)31(24,2)15-26(37)27(23)30)35(3)21-7-4-19(5-8-21)14-32-16-33(34,17-32)18-32/h4-5,7-8,10-12,23-28,37H,6,9,13-18,34H2,1-3H3,(H,38,39). The van der Waals surface area contributed by atoms with Crippen LogP contribution in [0, 0.1) is 39.9 Å². The number of nitrogens with two attached hydrogens (primary N) is 1. The van der Waals surface area contributed by atoms with E-state index in [1.54, 1.807) is 12.2 Å². The van der Waals surface area contributed by atoms with Crippen LogP contribution in [0.1, 0.15) is 64.4 Å². The highest BCUT2D eigenvalue weighted by Gasteiger charge is 2.66. The van der Waals surface area contributed by atoms with Crippen molar-refractivity contribution in [3.63, 3.8) is 0 Å². The fraction of sp³-hybridized carbons (Fsp3) is 0.636. The van der Waals surface area contributed by atoms with Gasteiger partial charge >= 0.3 is 5.97 Å². The van der Waals surface area contributed by atoms with Gasteiger partial charge in [0.1, 0.15) is 0 Å². The van der Waals surface area contributed by atoms with Crippen LogP contribution in [0.4, 0.5) is 5.69 Å². The lowest BCUT2D eigenvalue weighted by Gasteiger charge is -2.69. The molecule has 7 aliphatic carbocycles. The van der Waals surface area contributed by atoms with Crippen LogP contribution in [0.2, 0.25) is 0 Å². The maximum absolute atomic E-state index is 12.9. The van der Waals surface area contributed by atoms with Gasteiger partial charge in [-0.25, -0.2) is 0 Å². The average Bonchev–Trinajstić information content (AvgIpc) is 3.15. The van der Waals surface area contributed by atoms with Crippen molar-refractivity contribution in [3.8, 4) is 0 Å². The number of benzene rings is 1. The molecule has 0 heterocycles. The van der Waals surface area contributed by atoms with Crippen molar-refractivity contribution in [2.45, 2.75) is 82.9 Å². The summed E-state index contributed by atoms with van der Waals surface area (Å²) in [6.07, 6.45) is 12.4. The fourth-order valence-corrected chi connectivity index (χ4v) is 10.9. The number of carbonyl (C=O) groups is 2. The summed E-state index contributed by atoms with van der Waals surface area (Å²) >= 11 is 0. The molecule has 0 radical (unpaired) electrons. The monoisotopic (exact) mass is 530 g/mol. The Labute approximate surface area is 231 Å². The molecule has 8 rings (SSSR count). The van der Waals surface area contributed by atoms with Gasteiger partial charge in [0.05, 0.1) is 12.0 Å². The van der Waals surface area contributed by atoms with Crippen molar-refractivity contribution >= 4 is 17.4 Å². The van der Waals surface area contributed by atoms with Gasteiger partial charge in [0.15, 0.2) is 5.78 Å². The number of hydrogen-bond donors (Lipinski definition) is 3. The zero-order chi connectivity index (χ0) is 27.5. The Morgan fingerprint density at radius 1 is 1.15 bits per heavy atom. The summed E-state index contributed by atoms with van der Waals surface area (Å²) in [5.74, 6) is -0.858. The van der Waals surface area contributed by atoms with Crippen molar-refractivity contribution in [1.29, 1.82) is 0 Å². The molecule has 7 aliphatic rings. The van der Waals surface area contributed by atoms with Crippen molar-refractivity contribution in [2.75, 3.05) is 11.9 Å². The van der Waals surface area contributed by atoms with Crippen LogP contribution in [0.5, 0.6) is 0 Å². The second-order valence-electron chi connectivity index (χ2n) is 14.8. The summed E-state index contributed by atoms with van der Waals surface area (Å²) in [5.41, 5.74) is 9.47. The Balaban J connectivity index is 1.16. The Kier molecular flexibility index (Phi) is 5.28. The number of fused-ring (bicyclic) bond motifs is 5. The maximum Gasteiger partial charge on any atom is 0.309 e. The highest BCUT2D eigenvalue weighted by atomic mass is 16.4. The van der Waals surface area contributed by atoms with Crippen LogP contribution in [-0.2, 0) is 16.0 Å². The van der Waals surface area contributed by atoms with Gasteiger partial charge in [-0.1, -0.05) is 37.6 Å². The molecule has 0 aliphatic heterocycles. The Morgan fingerprint density at radius 2 is 1.85 bits per heavy atom. The quantitative estimate of drug-likeness (QED) is 0.518. The van der Waals surface area contributed by atoms with Crippen LogP contribution in [-0.4, -0.2) is 46.7 Å². The third-order valence-electron chi connectivity index (χ3n) is 12.4. The molecular weight excluding hydrogens is 488 g/mol. The van der Waals surface area contributed by atoms with E-state index in [0.29, 0.717) is 11.8 Å². The second kappa shape index (κ2) is 8.07. The number of rotatable bonds is 5. The van der Waals surface area contributed by atoms with E-state index in [-0.39, 0.29) is 40.5 Å². The maximum atomic E-state index is 12.9. The smallest absolute Gasteiger partial charge is 0.309 e. The van der Waals surface area contributed by atoms with E-state index in [0.717, 1.165) is 56.2 Å². The van der Waals surface area contributed by atoms with E-state index < -0.39 is 23.4 Å². The number of ketones is 1. The molecule has 6 saturated carbocycles. The molecule has 6 nitrogen and oxygen atoms in total. The largest absolute Gasteiger partial charge is 0.481 e. The number of carboxylic acid groups (broad SMARTS) is 1. The molecule has 8 atom stereocenters. The number of aliphatic hydroxyl groups excluding tert-OH is 1. The molecule has 0 saturated heterocycles. The molecular formula is C33H42N2O4. The third kappa shape index (κ3) is 3.53. The molecule has 6 fully saturated rings. The van der Waals surface area contributed by atoms with Crippen LogP contribution < -0.4 is 10.6 Å². The number of hydrogen-bond acceptors (Lipinski definition) is 5. The zero-order valence-electron chi connectivity index (χ0n) is 23.4. The van der Waals surface area contributed by atoms with Crippen LogP contribution >= 0.6 is 0 Å². The number of anilines is 1. The first-order valence-electron chi connectivity index (χ1n) is 14.8. The zero-order valence-corrected chi connectivity index (χ0v) is 23.4. The highest BCUT2D eigenvalue weighted by molar-refractivity contribution is 6.01. The van der Waals surface area contributed by atoms with E-state index in [9.17, 15) is 19.8 Å². The van der Waals surface area contributed by atoms with E-state index in [4.69, 9.17) is 5.73 Å². The Hall–Kier alpha value is -2.44. The first kappa shape index (κ1) is 25.5. The lowest BCUT2D eigenvalue weighted by molar-refractivity contribution is -0.155. The summed E-state index contributed by atoms with van der Waals surface area (Å²) in [6, 6.07) is 8.59. The average molecular weight is 531 g/mol. The molecule has 208 valence electrons. The minimum absolute atomic E-state index is 0.00218. The number of carboxylic acids is 1. The second-order valence-corrected chi connectivity index (χ2v) is 14.8. The predicted octanol–water partition coefficient (Wildman–Crippen LogP) is 4.50. The highest BCUT2D eigenvalue weighted by Crippen LogP contribution is 2.68. The normalized spacial score (nSPS) is 47.2. The van der Waals surface area contributed by atoms with Gasteiger partial charge in [-0.3, -0.25) is 9.59 Å². The minimum atomic E-state index is -0.760. The summed E-state index contributed by atoms with van der Waals surface area (Å²) in [7, 11) is 2.04. The van der Waals surface area contributed by atoms with Crippen LogP contribution in [0.25, 0.3) is 0 Å². The van der Waals surface area contributed by atoms with Gasteiger partial charge in [-0.05, 0) is 104 Å². The van der Waals surface area contributed by atoms with Gasteiger partial charge in [-0.2, -0.15) is 0 Å². The Bertz CT molecular complexity index is 1280. The number of aliphatic hydroxyl groups is 1. The molecule has 0 spiro atoms. The molecule has 1 aromatic rings. The van der Waals surface area contributed by atoms with Crippen molar-refractivity contribution in [3.05, 3.63) is 53.6 Å². The molecule has 39 heavy (non-hydrogen) atoms. The van der Waals surface area contributed by atoms with E-state index >= 15 is 0 Å². The Morgan fingerprint density at radius 3 is 2.49 bits per heavy atom. The first-order chi connectivity index (χ1) is 18.4. The number of nitrogens with zero attached hydrogens (tertiary/aromatic N) is 1. The number of carbonyl (C=O) groups excluding carboxylic acids is 1. The van der Waals surface area contributed by atoms with E-state index in [1.807, 2.05) is 13.1 Å². The van der Waals surface area contributed by atoms with Gasteiger partial charge in [0.25, 0.3) is 0 Å².